The highest BCUT2D eigenvalue weighted by molar-refractivity contribution is 6.09. The fourth-order valence-corrected chi connectivity index (χ4v) is 1.92. The first-order valence-corrected chi connectivity index (χ1v) is 6.52. The van der Waals surface area contributed by atoms with E-state index in [2.05, 4.69) is 5.10 Å². The summed E-state index contributed by atoms with van der Waals surface area (Å²) in [7, 11) is 0. The minimum Gasteiger partial charge on any atom is -0.282 e. The van der Waals surface area contributed by atoms with Crippen LogP contribution in [0.1, 0.15) is 28.5 Å². The van der Waals surface area contributed by atoms with E-state index in [4.69, 9.17) is 0 Å². The molecule has 6 heteroatoms. The number of aromatic nitrogens is 2. The predicted molar refractivity (Wildman–Crippen MR) is 78.4 cm³/mol. The molecule has 0 aliphatic carbocycles. The van der Waals surface area contributed by atoms with E-state index in [0.717, 1.165) is 0 Å². The zero-order valence-electron chi connectivity index (χ0n) is 11.8. The van der Waals surface area contributed by atoms with Crippen molar-refractivity contribution >= 4 is 11.9 Å². The van der Waals surface area contributed by atoms with E-state index in [1.165, 1.54) is 6.08 Å². The highest BCUT2D eigenvalue weighted by Gasteiger charge is 2.24. The monoisotopic (exact) mass is 285 g/mol. The molecule has 0 aliphatic rings. The Morgan fingerprint density at radius 1 is 1.38 bits per heavy atom. The number of benzene rings is 1. The Bertz CT molecular complexity index is 702. The van der Waals surface area contributed by atoms with E-state index in [1.807, 2.05) is 6.92 Å². The van der Waals surface area contributed by atoms with Crippen molar-refractivity contribution < 1.29 is 9.72 Å². The van der Waals surface area contributed by atoms with Crippen LogP contribution in [-0.2, 0) is 6.54 Å². The highest BCUT2D eigenvalue weighted by Crippen LogP contribution is 2.15. The minimum atomic E-state index is -0.655. The fourth-order valence-electron chi connectivity index (χ4n) is 1.92. The number of nitro groups is 1. The number of rotatable bonds is 5. The molecule has 1 aromatic carbocycles. The number of hydrogen-bond acceptors (Lipinski definition) is 4. The van der Waals surface area contributed by atoms with Gasteiger partial charge >= 0.3 is 5.70 Å². The van der Waals surface area contributed by atoms with Gasteiger partial charge in [0.25, 0.3) is 5.78 Å². The summed E-state index contributed by atoms with van der Waals surface area (Å²) in [6.45, 7) is 4.33. The van der Waals surface area contributed by atoms with Gasteiger partial charge < -0.3 is 0 Å². The highest BCUT2D eigenvalue weighted by atomic mass is 16.6. The number of nitrogens with zero attached hydrogens (tertiary/aromatic N) is 3. The molecule has 6 nitrogen and oxygen atoms in total. The third kappa shape index (κ3) is 3.22. The van der Waals surface area contributed by atoms with Crippen molar-refractivity contribution in [2.45, 2.75) is 20.4 Å². The molecule has 0 atom stereocenters. The number of ketones is 1. The molecule has 0 fully saturated rings. The number of hydrogen-bond donors (Lipinski definition) is 0. The van der Waals surface area contributed by atoms with Gasteiger partial charge in [0, 0.05) is 29.9 Å². The molecule has 0 N–H and O–H groups in total. The third-order valence-corrected chi connectivity index (χ3v) is 3.07. The Morgan fingerprint density at radius 3 is 2.57 bits per heavy atom. The lowest BCUT2D eigenvalue weighted by Crippen LogP contribution is -2.11. The number of carbonyl (C=O) groups excluding carboxylic acids is 1. The van der Waals surface area contributed by atoms with E-state index >= 15 is 0 Å². The van der Waals surface area contributed by atoms with Crippen LogP contribution in [-0.4, -0.2) is 20.5 Å². The van der Waals surface area contributed by atoms with Crippen molar-refractivity contribution in [2.75, 3.05) is 0 Å². The number of carbonyl (C=O) groups is 1. The smallest absolute Gasteiger partial charge is 0.282 e. The normalized spacial score (nSPS) is 11.4. The molecule has 0 bridgehead atoms. The average Bonchev–Trinajstić information content (AvgIpc) is 2.85. The Balaban J connectivity index is 2.43. The second-order valence-electron chi connectivity index (χ2n) is 4.51. The van der Waals surface area contributed by atoms with Crippen LogP contribution in [0.25, 0.3) is 6.08 Å². The van der Waals surface area contributed by atoms with E-state index < -0.39 is 16.4 Å². The summed E-state index contributed by atoms with van der Waals surface area (Å²) in [6, 6.07) is 8.21. The molecule has 0 radical (unpaired) electrons. The molecular weight excluding hydrogens is 270 g/mol. The largest absolute Gasteiger partial charge is 0.317 e. The fraction of sp³-hybridized carbons (Fsp3) is 0.200. The first kappa shape index (κ1) is 14.6. The van der Waals surface area contributed by atoms with Crippen molar-refractivity contribution in [3.05, 3.63) is 69.2 Å². The Kier molecular flexibility index (Phi) is 4.27. The van der Waals surface area contributed by atoms with Gasteiger partial charge in [0.15, 0.2) is 0 Å². The Labute approximate surface area is 121 Å². The van der Waals surface area contributed by atoms with Crippen LogP contribution >= 0.6 is 0 Å². The number of aryl methyl sites for hydroxylation is 2. The van der Waals surface area contributed by atoms with Crippen LogP contribution in [0.3, 0.4) is 0 Å². The molecular formula is C15H15N3O3. The maximum absolute atomic E-state index is 12.2. The first-order valence-electron chi connectivity index (χ1n) is 6.52. The van der Waals surface area contributed by atoms with Crippen molar-refractivity contribution in [3.8, 4) is 0 Å². The van der Waals surface area contributed by atoms with Gasteiger partial charge in [-0.1, -0.05) is 30.3 Å². The lowest BCUT2D eigenvalue weighted by atomic mass is 10.1. The van der Waals surface area contributed by atoms with Crippen LogP contribution in [0.4, 0.5) is 0 Å². The van der Waals surface area contributed by atoms with E-state index in [9.17, 15) is 14.9 Å². The summed E-state index contributed by atoms with van der Waals surface area (Å²) in [5.41, 5.74) is 1.06. The molecule has 108 valence electrons. The Morgan fingerprint density at radius 2 is 2.05 bits per heavy atom. The third-order valence-electron chi connectivity index (χ3n) is 3.07. The van der Waals surface area contributed by atoms with Crippen molar-refractivity contribution in [3.63, 3.8) is 0 Å². The van der Waals surface area contributed by atoms with E-state index in [-0.39, 0.29) is 0 Å². The topological polar surface area (TPSA) is 78.0 Å². The summed E-state index contributed by atoms with van der Waals surface area (Å²) < 4.78 is 1.67. The summed E-state index contributed by atoms with van der Waals surface area (Å²) in [6.07, 6.45) is 2.97. The molecule has 1 heterocycles. The van der Waals surface area contributed by atoms with Crippen LogP contribution in [0.15, 0.2) is 42.2 Å². The molecule has 0 saturated heterocycles. The summed E-state index contributed by atoms with van der Waals surface area (Å²) in [4.78, 5) is 22.8. The quantitative estimate of drug-likeness (QED) is 0.366. The molecule has 21 heavy (non-hydrogen) atoms. The summed E-state index contributed by atoms with van der Waals surface area (Å²) in [5.74, 6) is -0.607. The molecule has 0 saturated carbocycles. The number of Topliss-reactive ketones (excluding diaryl/α,β-unsaturated/α-hetero) is 1. The zero-order valence-corrected chi connectivity index (χ0v) is 11.8. The standard InChI is InChI=1S/C15H15N3O3/c1-3-17-10-13(11(2)16-17)9-14(18(20)21)15(19)12-7-5-4-6-8-12/h4-10H,3H2,1-2H3. The van der Waals surface area contributed by atoms with Crippen molar-refractivity contribution in [1.29, 1.82) is 0 Å². The van der Waals surface area contributed by atoms with Gasteiger partial charge in [-0.05, 0) is 13.8 Å². The van der Waals surface area contributed by atoms with Crippen molar-refractivity contribution in [1.82, 2.24) is 9.78 Å². The average molecular weight is 285 g/mol. The molecule has 0 aliphatic heterocycles. The van der Waals surface area contributed by atoms with E-state index in [1.54, 1.807) is 48.1 Å². The van der Waals surface area contributed by atoms with Gasteiger partial charge in [-0.15, -0.1) is 0 Å². The SMILES string of the molecule is CCn1cc(C=C(C(=O)c2ccccc2)[N+](=O)[O-])c(C)n1. The van der Waals surface area contributed by atoms with Gasteiger partial charge in [0.05, 0.1) is 10.6 Å². The lowest BCUT2D eigenvalue weighted by Gasteiger charge is -1.98. The molecule has 0 spiro atoms. The van der Waals surface area contributed by atoms with Gasteiger partial charge in [0.2, 0.25) is 0 Å². The van der Waals surface area contributed by atoms with E-state index in [0.29, 0.717) is 23.4 Å². The predicted octanol–water partition coefficient (Wildman–Crippen LogP) is 2.71. The summed E-state index contributed by atoms with van der Waals surface area (Å²) >= 11 is 0. The van der Waals surface area contributed by atoms with Crippen LogP contribution in [0, 0.1) is 17.0 Å². The van der Waals surface area contributed by atoms with Crippen LogP contribution in [0.2, 0.25) is 0 Å². The van der Waals surface area contributed by atoms with Gasteiger partial charge in [-0.3, -0.25) is 19.6 Å². The van der Waals surface area contributed by atoms with Gasteiger partial charge in [-0.2, -0.15) is 5.10 Å². The maximum atomic E-state index is 12.2. The molecule has 0 amide bonds. The molecule has 1 aromatic heterocycles. The number of allylic oxidation sites excluding steroid dienone is 1. The molecule has 0 unspecified atom stereocenters. The van der Waals surface area contributed by atoms with Gasteiger partial charge in [-0.25, -0.2) is 0 Å². The van der Waals surface area contributed by atoms with Crippen LogP contribution < -0.4 is 0 Å². The minimum absolute atomic E-state index is 0.293. The molecule has 2 rings (SSSR count). The second kappa shape index (κ2) is 6.13. The first-order chi connectivity index (χ1) is 10.0. The maximum Gasteiger partial charge on any atom is 0.317 e. The second-order valence-corrected chi connectivity index (χ2v) is 4.51. The zero-order chi connectivity index (χ0) is 15.4. The van der Waals surface area contributed by atoms with Gasteiger partial charge in [0.1, 0.15) is 0 Å². The lowest BCUT2D eigenvalue weighted by molar-refractivity contribution is -0.415. The van der Waals surface area contributed by atoms with Crippen molar-refractivity contribution in [2.24, 2.45) is 0 Å². The Hall–Kier alpha value is -2.76. The van der Waals surface area contributed by atoms with Crippen LogP contribution in [0.5, 0.6) is 0 Å². The summed E-state index contributed by atoms with van der Waals surface area (Å²) in [5, 5.41) is 15.4. The molecule has 2 aromatic rings.